The fraction of sp³-hybridized carbons (Fsp3) is 0.433. The molecule has 0 aliphatic heterocycles. The zero-order valence-electron chi connectivity index (χ0n) is 22.1. The number of amides is 2. The van der Waals surface area contributed by atoms with Gasteiger partial charge in [-0.3, -0.25) is 9.59 Å². The molecule has 0 aliphatic rings. The first-order chi connectivity index (χ1) is 18.1. The lowest BCUT2D eigenvalue weighted by molar-refractivity contribution is -0.131. The lowest BCUT2D eigenvalue weighted by atomic mass is 10.2. The van der Waals surface area contributed by atoms with Gasteiger partial charge < -0.3 is 15.7 Å². The van der Waals surface area contributed by atoms with E-state index in [1.165, 1.54) is 0 Å². The van der Waals surface area contributed by atoms with Crippen LogP contribution in [0.1, 0.15) is 58.3 Å². The molecule has 7 heteroatoms. The quantitative estimate of drug-likeness (QED) is 0.0900. The number of nitrogens with one attached hydrogen (secondary N) is 2. The average molecular weight is 529 g/mol. The third-order valence-corrected chi connectivity index (χ3v) is 5.61. The van der Waals surface area contributed by atoms with Crippen LogP contribution in [0.5, 0.6) is 0 Å². The van der Waals surface area contributed by atoms with Crippen molar-refractivity contribution in [2.45, 2.75) is 58.3 Å². The summed E-state index contributed by atoms with van der Waals surface area (Å²) in [6.45, 7) is 3.18. The van der Waals surface area contributed by atoms with E-state index in [-0.39, 0.29) is 5.91 Å². The highest BCUT2D eigenvalue weighted by Gasteiger charge is 1.99. The summed E-state index contributed by atoms with van der Waals surface area (Å²) >= 11 is 1.61. The molecule has 0 unspecified atom stereocenters. The smallest absolute Gasteiger partial charge is 0.328 e. The summed E-state index contributed by atoms with van der Waals surface area (Å²) < 4.78 is 0. The molecule has 0 aromatic heterocycles. The zero-order chi connectivity index (χ0) is 27.2. The summed E-state index contributed by atoms with van der Waals surface area (Å²) in [5.41, 5.74) is 0. The molecule has 2 amide bonds. The molecule has 0 aromatic rings. The van der Waals surface area contributed by atoms with Gasteiger partial charge in [-0.1, -0.05) is 79.8 Å². The van der Waals surface area contributed by atoms with Gasteiger partial charge in [-0.15, -0.1) is 0 Å². The number of aliphatic carboxylic acids is 1. The maximum atomic E-state index is 11.8. The fourth-order valence-corrected chi connectivity index (χ4v) is 3.46. The maximum absolute atomic E-state index is 11.8. The van der Waals surface area contributed by atoms with Gasteiger partial charge >= 0.3 is 5.97 Å². The predicted molar refractivity (Wildman–Crippen MR) is 158 cm³/mol. The molecule has 0 saturated heterocycles. The van der Waals surface area contributed by atoms with E-state index in [2.05, 4.69) is 84.4 Å². The van der Waals surface area contributed by atoms with Crippen LogP contribution in [0.4, 0.5) is 0 Å². The highest BCUT2D eigenvalue weighted by molar-refractivity contribution is 7.99. The minimum atomic E-state index is -1.15. The minimum Gasteiger partial charge on any atom is -0.478 e. The number of carbonyl (C=O) groups excluding carboxylic acids is 2. The number of allylic oxidation sites excluding steroid dienone is 12. The standard InChI is InChI=1S/C30H44N2O4S/c1-2-3-4-5-6-7-8-9-10-11-12-13-14-15-16-17-18-19-20-21-28(33)31-24-26-37-27-25-32-29(34)22-23-30(35)36/h3-4,6-7,9-10,12-13,15-16,18-19,22-23H,2,5,8,11,14,17,20-21,24-27H2,1H3,(H,31,33)(H,32,34)(H,35,36). The second-order valence-electron chi connectivity index (χ2n) is 7.88. The van der Waals surface area contributed by atoms with Crippen molar-refractivity contribution in [3.8, 4) is 0 Å². The van der Waals surface area contributed by atoms with Crippen LogP contribution >= 0.6 is 11.8 Å². The lowest BCUT2D eigenvalue weighted by Gasteiger charge is -2.05. The van der Waals surface area contributed by atoms with E-state index in [1.54, 1.807) is 11.8 Å². The van der Waals surface area contributed by atoms with E-state index in [1.807, 2.05) is 6.08 Å². The van der Waals surface area contributed by atoms with Crippen LogP contribution in [0.15, 0.2) is 85.1 Å². The normalized spacial score (nSPS) is 12.5. The molecule has 0 radical (unpaired) electrons. The molecule has 0 rings (SSSR count). The lowest BCUT2D eigenvalue weighted by Crippen LogP contribution is -2.26. The Kier molecular flexibility index (Phi) is 25.2. The molecule has 0 heterocycles. The largest absolute Gasteiger partial charge is 0.478 e. The molecule has 37 heavy (non-hydrogen) atoms. The van der Waals surface area contributed by atoms with Gasteiger partial charge in [0.15, 0.2) is 0 Å². The Morgan fingerprint density at radius 3 is 1.59 bits per heavy atom. The van der Waals surface area contributed by atoms with Crippen molar-refractivity contribution in [1.29, 1.82) is 0 Å². The molecule has 0 aliphatic carbocycles. The third kappa shape index (κ3) is 29.1. The fourth-order valence-electron chi connectivity index (χ4n) is 2.76. The van der Waals surface area contributed by atoms with E-state index in [9.17, 15) is 14.4 Å². The number of carboxylic acid groups (broad SMARTS) is 1. The van der Waals surface area contributed by atoms with Gasteiger partial charge in [0.25, 0.3) is 0 Å². The molecular formula is C30H44N2O4S. The van der Waals surface area contributed by atoms with E-state index in [0.717, 1.165) is 62.9 Å². The Bertz CT molecular complexity index is 823. The second kappa shape index (κ2) is 27.5. The highest BCUT2D eigenvalue weighted by atomic mass is 32.2. The third-order valence-electron chi connectivity index (χ3n) is 4.63. The SMILES string of the molecule is CCC=CCC=CCC=CCC=CCC=CCC=CCCC(=O)NCCSCCNC(=O)C=CC(=O)O. The molecule has 0 spiro atoms. The van der Waals surface area contributed by atoms with E-state index >= 15 is 0 Å². The molecule has 0 fully saturated rings. The summed E-state index contributed by atoms with van der Waals surface area (Å²) in [6, 6.07) is 0. The number of hydrogen-bond acceptors (Lipinski definition) is 4. The van der Waals surface area contributed by atoms with Crippen LogP contribution < -0.4 is 10.6 Å². The summed E-state index contributed by atoms with van der Waals surface area (Å²) in [5.74, 6) is -0.0906. The minimum absolute atomic E-state index is 0.0345. The number of thioether (sulfide) groups is 1. The van der Waals surface area contributed by atoms with Gasteiger partial charge in [-0.25, -0.2) is 4.79 Å². The topological polar surface area (TPSA) is 95.5 Å². The van der Waals surface area contributed by atoms with Gasteiger partial charge in [0.2, 0.25) is 11.8 Å². The Hall–Kier alpha value is -3.06. The first-order valence-electron chi connectivity index (χ1n) is 13.0. The molecule has 6 nitrogen and oxygen atoms in total. The van der Waals surface area contributed by atoms with Crippen LogP contribution in [-0.2, 0) is 14.4 Å². The van der Waals surface area contributed by atoms with Crippen molar-refractivity contribution in [1.82, 2.24) is 10.6 Å². The molecule has 3 N–H and O–H groups in total. The molecular weight excluding hydrogens is 484 g/mol. The number of hydrogen-bond donors (Lipinski definition) is 3. The van der Waals surface area contributed by atoms with Crippen molar-refractivity contribution in [3.05, 3.63) is 85.1 Å². The van der Waals surface area contributed by atoms with Gasteiger partial charge in [0.1, 0.15) is 0 Å². The summed E-state index contributed by atoms with van der Waals surface area (Å²) in [7, 11) is 0. The van der Waals surface area contributed by atoms with E-state index in [4.69, 9.17) is 5.11 Å². The predicted octanol–water partition coefficient (Wildman–Crippen LogP) is 6.07. The monoisotopic (exact) mass is 528 g/mol. The Balaban J connectivity index is 3.58. The summed E-state index contributed by atoms with van der Waals surface area (Å²) in [6.07, 6.45) is 34.8. The van der Waals surface area contributed by atoms with Crippen molar-refractivity contribution >= 4 is 29.5 Å². The van der Waals surface area contributed by atoms with Crippen molar-refractivity contribution in [2.24, 2.45) is 0 Å². The number of carboxylic acids is 1. The Labute approximate surface area is 227 Å². The van der Waals surface area contributed by atoms with Gasteiger partial charge in [0, 0.05) is 43.2 Å². The van der Waals surface area contributed by atoms with E-state index < -0.39 is 11.9 Å². The van der Waals surface area contributed by atoms with Crippen molar-refractivity contribution < 1.29 is 19.5 Å². The van der Waals surface area contributed by atoms with Crippen LogP contribution in [0.2, 0.25) is 0 Å². The first-order valence-corrected chi connectivity index (χ1v) is 14.1. The average Bonchev–Trinajstić information content (AvgIpc) is 2.88. The summed E-state index contributed by atoms with van der Waals surface area (Å²) in [5, 5.41) is 13.9. The van der Waals surface area contributed by atoms with Crippen LogP contribution in [-0.4, -0.2) is 47.5 Å². The molecule has 0 bridgehead atoms. The summed E-state index contributed by atoms with van der Waals surface area (Å²) in [4.78, 5) is 33.4. The molecule has 0 aromatic carbocycles. The van der Waals surface area contributed by atoms with E-state index in [0.29, 0.717) is 25.3 Å². The molecule has 0 atom stereocenters. The van der Waals surface area contributed by atoms with Crippen LogP contribution in [0, 0.1) is 0 Å². The van der Waals surface area contributed by atoms with Crippen molar-refractivity contribution in [2.75, 3.05) is 24.6 Å². The zero-order valence-corrected chi connectivity index (χ0v) is 23.0. The van der Waals surface area contributed by atoms with Crippen molar-refractivity contribution in [3.63, 3.8) is 0 Å². The second-order valence-corrected chi connectivity index (χ2v) is 9.10. The maximum Gasteiger partial charge on any atom is 0.328 e. The van der Waals surface area contributed by atoms with Gasteiger partial charge in [0.05, 0.1) is 0 Å². The first kappa shape index (κ1) is 33.9. The van der Waals surface area contributed by atoms with Crippen LogP contribution in [0.3, 0.4) is 0 Å². The molecule has 204 valence electrons. The van der Waals surface area contributed by atoms with Gasteiger partial charge in [-0.2, -0.15) is 11.8 Å². The number of rotatable bonds is 22. The Morgan fingerprint density at radius 2 is 1.11 bits per heavy atom. The van der Waals surface area contributed by atoms with Gasteiger partial charge in [-0.05, 0) is 44.9 Å². The number of carbonyl (C=O) groups is 3. The van der Waals surface area contributed by atoms with Crippen LogP contribution in [0.25, 0.3) is 0 Å². The molecule has 0 saturated carbocycles. The Morgan fingerprint density at radius 1 is 0.649 bits per heavy atom. The highest BCUT2D eigenvalue weighted by Crippen LogP contribution is 1.99.